The van der Waals surface area contributed by atoms with Crippen molar-refractivity contribution >= 4 is 56.1 Å². The lowest BCUT2D eigenvalue weighted by molar-refractivity contribution is -0.136. The van der Waals surface area contributed by atoms with Gasteiger partial charge in [-0.2, -0.15) is 0 Å². The third-order valence-electron chi connectivity index (χ3n) is 9.54. The van der Waals surface area contributed by atoms with Crippen LogP contribution in [0.15, 0.2) is 23.2 Å². The summed E-state index contributed by atoms with van der Waals surface area (Å²) in [4.78, 5) is 71.1. The predicted molar refractivity (Wildman–Crippen MR) is 191 cm³/mol. The molecule has 0 aromatic carbocycles. The Morgan fingerprint density at radius 2 is 1.14 bits per heavy atom. The van der Waals surface area contributed by atoms with Crippen LogP contribution in [0.25, 0.3) is 31.9 Å². The number of carbonyl (C=O) groups is 4. The van der Waals surface area contributed by atoms with Crippen molar-refractivity contribution in [1.82, 2.24) is 40.4 Å². The second kappa shape index (κ2) is 14.8. The monoisotopic (exact) mass is 724 g/mol. The summed E-state index contributed by atoms with van der Waals surface area (Å²) in [6, 6.07) is -1.83. The number of aromatic nitrogens is 4. The first kappa shape index (κ1) is 35.4. The Balaban J connectivity index is 1.20. The minimum absolute atomic E-state index is 0.111. The van der Waals surface area contributed by atoms with Gasteiger partial charge in [0, 0.05) is 35.0 Å². The van der Waals surface area contributed by atoms with E-state index in [1.54, 1.807) is 22.7 Å². The van der Waals surface area contributed by atoms with Crippen LogP contribution >= 0.6 is 22.7 Å². The molecule has 6 rings (SSSR count). The average Bonchev–Trinajstić information content (AvgIpc) is 3.94. The minimum Gasteiger partial charge on any atom is -0.453 e. The fourth-order valence-electron chi connectivity index (χ4n) is 6.86. The number of likely N-dealkylation sites (tertiary alicyclic amines) is 2. The molecule has 0 saturated carbocycles. The summed E-state index contributed by atoms with van der Waals surface area (Å²) >= 11 is 3.28. The second-order valence-corrected chi connectivity index (χ2v) is 15.2. The maximum atomic E-state index is 13.6. The van der Waals surface area contributed by atoms with Gasteiger partial charge in [-0.15, -0.1) is 22.7 Å². The molecular formula is C34H44N8O6S2. The average molecular weight is 725 g/mol. The maximum Gasteiger partial charge on any atom is 0.407 e. The summed E-state index contributed by atoms with van der Waals surface area (Å²) in [7, 11) is 2.57. The predicted octanol–water partition coefficient (Wildman–Crippen LogP) is 5.83. The molecule has 2 fully saturated rings. The first-order chi connectivity index (χ1) is 24.0. The Hall–Kier alpha value is -4.44. The van der Waals surface area contributed by atoms with Gasteiger partial charge in [-0.25, -0.2) is 19.6 Å². The lowest BCUT2D eigenvalue weighted by Crippen LogP contribution is -2.51. The number of thiophene rings is 2. The smallest absolute Gasteiger partial charge is 0.407 e. The van der Waals surface area contributed by atoms with Crippen LogP contribution < -0.4 is 10.6 Å². The summed E-state index contributed by atoms with van der Waals surface area (Å²) in [5.41, 5.74) is 3.82. The zero-order valence-corrected chi connectivity index (χ0v) is 30.7. The standard InChI is InChI=1S/C34H44N8O6S2/c1-17(2)25(39-33(45)47-5)31(43)41-11-7-9-23(41)29-35-13-21(37-29)19-15-49-28-20(16-50-27(19)28)22-14-36-30(38-22)24-10-8-12-42(24)32(44)26(18(3)4)40-34(46)48-6/h13-18,23-26H,7-12H2,1-6H3,(H,35,37)(H,36,38)(H,39,45)(H,40,46)/t23-,24?,25-,26-/m0/s1. The van der Waals surface area contributed by atoms with Gasteiger partial charge in [-0.1, -0.05) is 27.7 Å². The molecule has 4 aromatic heterocycles. The van der Waals surface area contributed by atoms with Gasteiger partial charge in [-0.05, 0) is 37.5 Å². The zero-order chi connectivity index (χ0) is 35.7. The number of rotatable bonds is 10. The van der Waals surface area contributed by atoms with Crippen LogP contribution in [0.1, 0.15) is 77.1 Å². The number of aromatic amines is 2. The van der Waals surface area contributed by atoms with Crippen LogP contribution in [-0.2, 0) is 19.1 Å². The third-order valence-corrected chi connectivity index (χ3v) is 11.7. The Kier molecular flexibility index (Phi) is 10.5. The van der Waals surface area contributed by atoms with E-state index in [1.165, 1.54) is 14.2 Å². The fraction of sp³-hybridized carbons (Fsp3) is 0.529. The fourth-order valence-corrected chi connectivity index (χ4v) is 9.29. The van der Waals surface area contributed by atoms with Crippen molar-refractivity contribution in [2.45, 2.75) is 77.5 Å². The number of nitrogens with one attached hydrogen (secondary N) is 4. The molecule has 2 aliphatic rings. The van der Waals surface area contributed by atoms with E-state index < -0.39 is 24.3 Å². The molecule has 14 nitrogen and oxygen atoms in total. The highest BCUT2D eigenvalue weighted by Gasteiger charge is 2.39. The summed E-state index contributed by atoms with van der Waals surface area (Å²) in [6.45, 7) is 8.77. The molecule has 0 radical (unpaired) electrons. The Morgan fingerprint density at radius 1 is 0.740 bits per heavy atom. The molecule has 16 heteroatoms. The topological polar surface area (TPSA) is 175 Å². The number of nitrogens with zero attached hydrogens (tertiary/aromatic N) is 4. The molecule has 0 spiro atoms. The highest BCUT2D eigenvalue weighted by atomic mass is 32.1. The lowest BCUT2D eigenvalue weighted by atomic mass is 10.0. The molecule has 2 saturated heterocycles. The van der Waals surface area contributed by atoms with Crippen LogP contribution in [0, 0.1) is 11.8 Å². The minimum atomic E-state index is -0.695. The van der Waals surface area contributed by atoms with Crippen LogP contribution in [0.2, 0.25) is 0 Å². The first-order valence-corrected chi connectivity index (χ1v) is 18.7. The number of amides is 4. The molecule has 4 atom stereocenters. The number of ether oxygens (including phenoxy) is 2. The summed E-state index contributed by atoms with van der Waals surface area (Å²) in [5.74, 6) is 0.929. The van der Waals surface area contributed by atoms with Gasteiger partial charge in [0.2, 0.25) is 11.8 Å². The Morgan fingerprint density at radius 3 is 1.50 bits per heavy atom. The Bertz CT molecular complexity index is 1730. The molecule has 0 bridgehead atoms. The molecule has 268 valence electrons. The van der Waals surface area contributed by atoms with E-state index in [-0.39, 0.29) is 35.7 Å². The zero-order valence-electron chi connectivity index (χ0n) is 29.1. The number of imidazole rings is 2. The molecule has 1 unspecified atom stereocenters. The van der Waals surface area contributed by atoms with Gasteiger partial charge < -0.3 is 39.9 Å². The van der Waals surface area contributed by atoms with Crippen LogP contribution in [-0.4, -0.2) is 93.1 Å². The normalized spacial score (nSPS) is 19.0. The molecule has 6 heterocycles. The van der Waals surface area contributed by atoms with E-state index in [2.05, 4.69) is 31.4 Å². The summed E-state index contributed by atoms with van der Waals surface area (Å²) in [6.07, 6.45) is 5.62. The van der Waals surface area contributed by atoms with Crippen molar-refractivity contribution in [2.24, 2.45) is 11.8 Å². The van der Waals surface area contributed by atoms with Gasteiger partial charge in [0.25, 0.3) is 0 Å². The highest BCUT2D eigenvalue weighted by Crippen LogP contribution is 2.44. The second-order valence-electron chi connectivity index (χ2n) is 13.4. The van der Waals surface area contributed by atoms with Gasteiger partial charge >= 0.3 is 12.2 Å². The quantitative estimate of drug-likeness (QED) is 0.158. The number of hydrogen-bond donors (Lipinski definition) is 4. The van der Waals surface area contributed by atoms with E-state index in [4.69, 9.17) is 19.4 Å². The van der Waals surface area contributed by atoms with Crippen molar-refractivity contribution in [1.29, 1.82) is 0 Å². The van der Waals surface area contributed by atoms with E-state index in [9.17, 15) is 19.2 Å². The molecule has 0 aliphatic carbocycles. The summed E-state index contributed by atoms with van der Waals surface area (Å²) < 4.78 is 11.7. The van der Waals surface area contributed by atoms with Crippen molar-refractivity contribution in [2.75, 3.05) is 27.3 Å². The number of alkyl carbamates (subject to hydrolysis) is 2. The molecule has 4 aromatic rings. The molecule has 2 aliphatic heterocycles. The van der Waals surface area contributed by atoms with E-state index in [0.717, 1.165) is 69.2 Å². The molecule has 50 heavy (non-hydrogen) atoms. The lowest BCUT2D eigenvalue weighted by Gasteiger charge is -2.30. The SMILES string of the molecule is COC(=O)N[C@H](C(=O)N1CCCC1c1ncc(-c2csc3c(-c4cnc([C@@H]5CCCN5C(=O)[C@@H](NC(=O)OC)C(C)C)[nH]4)csc23)[nH]1)C(C)C. The van der Waals surface area contributed by atoms with Gasteiger partial charge in [0.1, 0.15) is 23.7 Å². The van der Waals surface area contributed by atoms with Crippen LogP contribution in [0.4, 0.5) is 9.59 Å². The number of carbonyl (C=O) groups excluding carboxylic acids is 4. The van der Waals surface area contributed by atoms with Gasteiger partial charge in [0.15, 0.2) is 0 Å². The number of fused-ring (bicyclic) bond motifs is 1. The van der Waals surface area contributed by atoms with Crippen molar-refractivity contribution in [3.8, 4) is 22.5 Å². The number of hydrogen-bond acceptors (Lipinski definition) is 10. The van der Waals surface area contributed by atoms with Crippen molar-refractivity contribution in [3.63, 3.8) is 0 Å². The first-order valence-electron chi connectivity index (χ1n) is 16.9. The molecule has 4 amide bonds. The van der Waals surface area contributed by atoms with Crippen molar-refractivity contribution < 1.29 is 28.7 Å². The van der Waals surface area contributed by atoms with Crippen LogP contribution in [0.5, 0.6) is 0 Å². The van der Waals surface area contributed by atoms with Crippen molar-refractivity contribution in [3.05, 3.63) is 34.8 Å². The third kappa shape index (κ3) is 6.82. The van der Waals surface area contributed by atoms with Gasteiger partial charge in [0.05, 0.1) is 59.5 Å². The highest BCUT2D eigenvalue weighted by molar-refractivity contribution is 7.27. The Labute approximate surface area is 298 Å². The molecular weight excluding hydrogens is 681 g/mol. The number of methoxy groups -OCH3 is 2. The number of H-pyrrole nitrogens is 2. The molecule has 4 N–H and O–H groups in total. The van der Waals surface area contributed by atoms with Crippen LogP contribution in [0.3, 0.4) is 0 Å². The maximum absolute atomic E-state index is 13.6. The van der Waals surface area contributed by atoms with Gasteiger partial charge in [-0.3, -0.25) is 9.59 Å². The largest absolute Gasteiger partial charge is 0.453 e. The van der Waals surface area contributed by atoms with E-state index >= 15 is 0 Å². The van der Waals surface area contributed by atoms with E-state index in [0.29, 0.717) is 13.1 Å². The summed E-state index contributed by atoms with van der Waals surface area (Å²) in [5, 5.41) is 9.62. The van der Waals surface area contributed by atoms with E-state index in [1.807, 2.05) is 49.9 Å².